The van der Waals surface area contributed by atoms with Crippen molar-refractivity contribution in [2.24, 2.45) is 23.2 Å². The Morgan fingerprint density at radius 1 is 1.10 bits per heavy atom. The summed E-state index contributed by atoms with van der Waals surface area (Å²) in [6, 6.07) is 6.06. The normalized spacial score (nSPS) is 36.0. The van der Waals surface area contributed by atoms with E-state index in [9.17, 15) is 4.79 Å². The van der Waals surface area contributed by atoms with Crippen molar-refractivity contribution in [3.8, 4) is 11.5 Å². The maximum Gasteiger partial charge on any atom is 0.226 e. The average molecular weight is 418 g/mol. The summed E-state index contributed by atoms with van der Waals surface area (Å²) in [4.78, 5) is 13.5. The van der Waals surface area contributed by atoms with E-state index < -0.39 is 0 Å². The largest absolute Gasteiger partial charge is 0.490 e. The van der Waals surface area contributed by atoms with Crippen molar-refractivity contribution in [3.05, 3.63) is 23.8 Å². The highest BCUT2D eigenvalue weighted by Gasteiger charge is 2.60. The lowest BCUT2D eigenvalue weighted by atomic mass is 9.49. The van der Waals surface area contributed by atoms with Crippen LogP contribution in [0.4, 0.5) is 0 Å². The number of benzene rings is 1. The molecule has 0 saturated heterocycles. The van der Waals surface area contributed by atoms with Crippen LogP contribution >= 0.6 is 11.6 Å². The lowest BCUT2D eigenvalue weighted by Gasteiger charge is -2.59. The van der Waals surface area contributed by atoms with Gasteiger partial charge in [-0.25, -0.2) is 0 Å². The minimum atomic E-state index is -0.274. The number of ether oxygens (including phenoxy) is 2. The van der Waals surface area contributed by atoms with E-state index in [2.05, 4.69) is 25.2 Å². The van der Waals surface area contributed by atoms with Gasteiger partial charge in [0.2, 0.25) is 5.91 Å². The van der Waals surface area contributed by atoms with Crippen molar-refractivity contribution in [1.29, 1.82) is 0 Å². The fourth-order valence-electron chi connectivity index (χ4n) is 6.72. The fourth-order valence-corrected chi connectivity index (χ4v) is 7.41. The highest BCUT2D eigenvalue weighted by Crippen LogP contribution is 2.64. The van der Waals surface area contributed by atoms with Gasteiger partial charge in [0, 0.05) is 11.3 Å². The molecule has 1 aromatic carbocycles. The summed E-state index contributed by atoms with van der Waals surface area (Å²) in [5, 5.41) is 3.44. The summed E-state index contributed by atoms with van der Waals surface area (Å²) in [5.74, 6) is 3.31. The van der Waals surface area contributed by atoms with Gasteiger partial charge in [-0.15, -0.1) is 11.6 Å². The van der Waals surface area contributed by atoms with Gasteiger partial charge < -0.3 is 14.8 Å². The van der Waals surface area contributed by atoms with Crippen molar-refractivity contribution in [1.82, 2.24) is 5.32 Å². The molecule has 1 aromatic rings. The molecule has 4 saturated carbocycles. The molecule has 5 heteroatoms. The highest BCUT2D eigenvalue weighted by atomic mass is 35.5. The summed E-state index contributed by atoms with van der Waals surface area (Å²) in [6.45, 7) is 5.67. The Bertz CT molecular complexity index is 793. The molecule has 4 aliphatic carbocycles. The molecule has 1 heterocycles. The molecule has 3 atom stereocenters. The maximum absolute atomic E-state index is 13.6. The van der Waals surface area contributed by atoms with Gasteiger partial charge in [0.15, 0.2) is 11.5 Å². The molecule has 5 aliphatic rings. The molecule has 29 heavy (non-hydrogen) atoms. The van der Waals surface area contributed by atoms with Gasteiger partial charge in [0.25, 0.3) is 0 Å². The van der Waals surface area contributed by atoms with Crippen molar-refractivity contribution < 1.29 is 14.3 Å². The van der Waals surface area contributed by atoms with Crippen LogP contribution in [0.1, 0.15) is 70.4 Å². The third kappa shape index (κ3) is 3.52. The number of carbonyl (C=O) groups is 1. The zero-order valence-corrected chi connectivity index (χ0v) is 18.3. The van der Waals surface area contributed by atoms with Crippen LogP contribution in [0.3, 0.4) is 0 Å². The summed E-state index contributed by atoms with van der Waals surface area (Å²) < 4.78 is 11.7. The van der Waals surface area contributed by atoms with Gasteiger partial charge in [-0.3, -0.25) is 4.79 Å². The number of fused-ring (bicyclic) bond motifs is 1. The molecule has 4 bridgehead atoms. The van der Waals surface area contributed by atoms with Crippen LogP contribution < -0.4 is 14.8 Å². The van der Waals surface area contributed by atoms with Gasteiger partial charge >= 0.3 is 0 Å². The molecule has 1 N–H and O–H groups in total. The molecule has 0 unspecified atom stereocenters. The lowest BCUT2D eigenvalue weighted by molar-refractivity contribution is -0.145. The smallest absolute Gasteiger partial charge is 0.226 e. The molecule has 158 valence electrons. The lowest BCUT2D eigenvalue weighted by Crippen LogP contribution is -2.58. The van der Waals surface area contributed by atoms with Crippen molar-refractivity contribution in [3.63, 3.8) is 0 Å². The third-order valence-electron chi connectivity index (χ3n) is 7.56. The van der Waals surface area contributed by atoms with E-state index in [1.54, 1.807) is 0 Å². The average Bonchev–Trinajstić information content (AvgIpc) is 2.88. The second-order valence-corrected chi connectivity index (χ2v) is 11.1. The van der Waals surface area contributed by atoms with Gasteiger partial charge in [-0.2, -0.15) is 0 Å². The molecule has 4 fully saturated rings. The third-order valence-corrected chi connectivity index (χ3v) is 8.00. The molecular weight excluding hydrogens is 386 g/mol. The van der Waals surface area contributed by atoms with Crippen LogP contribution in [0, 0.1) is 23.2 Å². The van der Waals surface area contributed by atoms with Gasteiger partial charge in [0.1, 0.15) is 0 Å². The summed E-state index contributed by atoms with van der Waals surface area (Å²) in [5.41, 5.74) is 0.812. The molecule has 0 radical (unpaired) electrons. The monoisotopic (exact) mass is 417 g/mol. The van der Waals surface area contributed by atoms with E-state index in [1.165, 1.54) is 6.42 Å². The van der Waals surface area contributed by atoms with E-state index in [1.807, 2.05) is 12.1 Å². The Balaban J connectivity index is 1.39. The topological polar surface area (TPSA) is 47.6 Å². The number of alkyl halides is 1. The number of hydrogen-bond donors (Lipinski definition) is 1. The van der Waals surface area contributed by atoms with Crippen molar-refractivity contribution >= 4 is 17.5 Å². The standard InChI is InChI=1S/C24H32ClNO3/c1-15(2)21(18-4-5-19-20(9-18)29-7-3-6-28-19)26-22(27)23-10-16-8-17(11-23)13-24(25,12-16)14-23/h4-5,9,15-17,21H,3,6-8,10-14H2,1-2H3,(H,26,27)/t16-,17-,21+,23?,24?/m1/s1. The van der Waals surface area contributed by atoms with Crippen LogP contribution in [-0.4, -0.2) is 24.0 Å². The molecule has 0 spiro atoms. The van der Waals surface area contributed by atoms with Crippen LogP contribution in [0.15, 0.2) is 18.2 Å². The van der Waals surface area contributed by atoms with Gasteiger partial charge in [-0.1, -0.05) is 19.9 Å². The maximum atomic E-state index is 13.6. The van der Waals surface area contributed by atoms with Crippen molar-refractivity contribution in [2.75, 3.05) is 13.2 Å². The summed E-state index contributed by atoms with van der Waals surface area (Å²) in [7, 11) is 0. The molecule has 6 rings (SSSR count). The Morgan fingerprint density at radius 2 is 1.79 bits per heavy atom. The number of amides is 1. The Labute approximate surface area is 178 Å². The highest BCUT2D eigenvalue weighted by molar-refractivity contribution is 6.24. The zero-order valence-electron chi connectivity index (χ0n) is 17.5. The zero-order chi connectivity index (χ0) is 20.2. The first-order valence-electron chi connectivity index (χ1n) is 11.3. The van der Waals surface area contributed by atoms with E-state index in [0.717, 1.165) is 55.6 Å². The second-order valence-electron chi connectivity index (χ2n) is 10.3. The van der Waals surface area contributed by atoms with E-state index in [4.69, 9.17) is 21.1 Å². The molecule has 1 amide bonds. The predicted octanol–water partition coefficient (Wildman–Crippen LogP) is 5.24. The van der Waals surface area contributed by atoms with Gasteiger partial charge in [-0.05, 0) is 74.0 Å². The molecule has 4 nitrogen and oxygen atoms in total. The van der Waals surface area contributed by atoms with Gasteiger partial charge in [0.05, 0.1) is 24.7 Å². The van der Waals surface area contributed by atoms with E-state index >= 15 is 0 Å². The molecular formula is C24H32ClNO3. The summed E-state index contributed by atoms with van der Waals surface area (Å²) >= 11 is 6.97. The molecule has 0 aromatic heterocycles. The first kappa shape index (κ1) is 19.5. The van der Waals surface area contributed by atoms with Crippen LogP contribution in [-0.2, 0) is 4.79 Å². The van der Waals surface area contributed by atoms with Crippen LogP contribution in [0.5, 0.6) is 11.5 Å². The SMILES string of the molecule is CC(C)[C@H](NC(=O)C12C[C@H]3C[C@@H](CC(Cl)(C3)C1)C2)c1ccc2c(c1)OCCCO2. The van der Waals surface area contributed by atoms with E-state index in [-0.39, 0.29) is 28.2 Å². The number of nitrogens with one attached hydrogen (secondary N) is 1. The minimum absolute atomic E-state index is 0.0427. The molecule has 1 aliphatic heterocycles. The quantitative estimate of drug-likeness (QED) is 0.681. The Kier molecular flexibility index (Phi) is 4.77. The van der Waals surface area contributed by atoms with Crippen molar-refractivity contribution in [2.45, 2.75) is 69.7 Å². The second kappa shape index (κ2) is 7.08. The van der Waals surface area contributed by atoms with Crippen LogP contribution in [0.25, 0.3) is 0 Å². The Hall–Kier alpha value is -1.42. The number of hydrogen-bond acceptors (Lipinski definition) is 3. The Morgan fingerprint density at radius 3 is 2.45 bits per heavy atom. The van der Waals surface area contributed by atoms with E-state index in [0.29, 0.717) is 25.0 Å². The predicted molar refractivity (Wildman–Crippen MR) is 113 cm³/mol. The number of halogens is 1. The minimum Gasteiger partial charge on any atom is -0.490 e. The first-order chi connectivity index (χ1) is 13.9. The number of carbonyl (C=O) groups excluding carboxylic acids is 1. The number of rotatable bonds is 4. The first-order valence-corrected chi connectivity index (χ1v) is 11.6. The van der Waals surface area contributed by atoms with Crippen LogP contribution in [0.2, 0.25) is 0 Å². The summed E-state index contributed by atoms with van der Waals surface area (Å²) in [6.07, 6.45) is 7.20. The fraction of sp³-hybridized carbons (Fsp3) is 0.708.